The molecule has 4 rings (SSSR count). The Bertz CT molecular complexity index is 1210. The van der Waals surface area contributed by atoms with Crippen LogP contribution in [0.3, 0.4) is 0 Å². The first-order chi connectivity index (χ1) is 14.3. The largest absolute Gasteiger partial charge is 0.321 e. The van der Waals surface area contributed by atoms with Crippen molar-refractivity contribution in [3.63, 3.8) is 0 Å². The van der Waals surface area contributed by atoms with Gasteiger partial charge in [0.1, 0.15) is 0 Å². The third-order valence-corrected chi connectivity index (χ3v) is 7.21. The fourth-order valence-corrected chi connectivity index (χ4v) is 5.02. The smallest absolute Gasteiger partial charge is 0.255 e. The molecular weight excluding hydrogens is 404 g/mol. The van der Waals surface area contributed by atoms with Gasteiger partial charge in [0.05, 0.1) is 22.5 Å². The lowest BCUT2D eigenvalue weighted by Gasteiger charge is -2.31. The number of likely N-dealkylation sites (N-methyl/N-ethyl adjacent to an activating group) is 1. The molecule has 0 aliphatic carbocycles. The van der Waals surface area contributed by atoms with Crippen molar-refractivity contribution < 1.29 is 13.2 Å². The summed E-state index contributed by atoms with van der Waals surface area (Å²) in [7, 11) is 0.136. The number of hydrogen-bond donors (Lipinski definition) is 1. The van der Waals surface area contributed by atoms with E-state index in [2.05, 4.69) is 20.3 Å². The van der Waals surface area contributed by atoms with Crippen molar-refractivity contribution in [2.75, 3.05) is 38.5 Å². The van der Waals surface area contributed by atoms with E-state index in [0.29, 0.717) is 31.9 Å². The van der Waals surface area contributed by atoms with E-state index in [9.17, 15) is 13.2 Å². The van der Waals surface area contributed by atoms with Gasteiger partial charge in [-0.15, -0.1) is 0 Å². The van der Waals surface area contributed by atoms with Gasteiger partial charge in [-0.2, -0.15) is 9.40 Å². The fraction of sp³-hybridized carbons (Fsp3) is 0.350. The molecule has 3 heterocycles. The number of aromatic nitrogens is 3. The summed E-state index contributed by atoms with van der Waals surface area (Å²) in [5.41, 5.74) is 2.34. The maximum Gasteiger partial charge on any atom is 0.255 e. The maximum absolute atomic E-state index is 13.0. The van der Waals surface area contributed by atoms with E-state index in [-0.39, 0.29) is 10.5 Å². The molecule has 10 heteroatoms. The zero-order chi connectivity index (χ0) is 21.5. The summed E-state index contributed by atoms with van der Waals surface area (Å²) in [5, 5.41) is 7.97. The molecule has 158 valence electrons. The van der Waals surface area contributed by atoms with E-state index >= 15 is 0 Å². The molecule has 3 aromatic rings. The predicted molar refractivity (Wildman–Crippen MR) is 114 cm³/mol. The lowest BCUT2D eigenvalue weighted by Crippen LogP contribution is -2.47. The molecule has 1 aromatic carbocycles. The highest BCUT2D eigenvalue weighted by molar-refractivity contribution is 7.89. The minimum atomic E-state index is -3.64. The Morgan fingerprint density at radius 2 is 1.83 bits per heavy atom. The van der Waals surface area contributed by atoms with E-state index in [1.54, 1.807) is 23.0 Å². The van der Waals surface area contributed by atoms with Gasteiger partial charge >= 0.3 is 0 Å². The third kappa shape index (κ3) is 3.81. The standard InChI is InChI=1S/C20H24N6O3S/c1-14-18-12-16(13-21-19(18)25(3)23-14)22-20(27)15-5-4-6-17(11-15)30(28,29)26-9-7-24(2)8-10-26/h4-6,11-13H,7-10H2,1-3H3,(H,22,27). The maximum atomic E-state index is 13.0. The molecule has 9 nitrogen and oxygen atoms in total. The highest BCUT2D eigenvalue weighted by Crippen LogP contribution is 2.22. The molecule has 1 aliphatic rings. The van der Waals surface area contributed by atoms with Crippen molar-refractivity contribution in [2.45, 2.75) is 11.8 Å². The number of amides is 1. The van der Waals surface area contributed by atoms with Gasteiger partial charge < -0.3 is 10.2 Å². The number of carbonyl (C=O) groups is 1. The number of fused-ring (bicyclic) bond motifs is 1. The van der Waals surface area contributed by atoms with Crippen LogP contribution in [-0.4, -0.2) is 71.5 Å². The van der Waals surface area contributed by atoms with Crippen molar-refractivity contribution in [3.05, 3.63) is 47.8 Å². The van der Waals surface area contributed by atoms with Gasteiger partial charge in [0, 0.05) is 44.2 Å². The minimum Gasteiger partial charge on any atom is -0.321 e. The Labute approximate surface area is 175 Å². The second kappa shape index (κ2) is 7.78. The van der Waals surface area contributed by atoms with Crippen LogP contribution in [0, 0.1) is 6.92 Å². The number of nitrogens with one attached hydrogen (secondary N) is 1. The van der Waals surface area contributed by atoms with Crippen LogP contribution < -0.4 is 5.32 Å². The number of anilines is 1. The van der Waals surface area contributed by atoms with Crippen molar-refractivity contribution in [3.8, 4) is 0 Å². The van der Waals surface area contributed by atoms with Crippen LogP contribution >= 0.6 is 0 Å². The van der Waals surface area contributed by atoms with E-state index in [1.807, 2.05) is 27.1 Å². The van der Waals surface area contributed by atoms with Gasteiger partial charge in [-0.1, -0.05) is 6.07 Å². The molecule has 1 saturated heterocycles. The second-order valence-corrected chi connectivity index (χ2v) is 9.43. The average molecular weight is 429 g/mol. The number of piperazine rings is 1. The van der Waals surface area contributed by atoms with Crippen molar-refractivity contribution in [1.82, 2.24) is 24.0 Å². The lowest BCUT2D eigenvalue weighted by atomic mass is 10.2. The average Bonchev–Trinajstić information content (AvgIpc) is 3.01. The Kier molecular flexibility index (Phi) is 5.31. The molecule has 0 bridgehead atoms. The highest BCUT2D eigenvalue weighted by atomic mass is 32.2. The first kappa shape index (κ1) is 20.5. The molecule has 0 atom stereocenters. The highest BCUT2D eigenvalue weighted by Gasteiger charge is 2.28. The molecule has 1 N–H and O–H groups in total. The van der Waals surface area contributed by atoms with E-state index < -0.39 is 15.9 Å². The number of pyridine rings is 1. The van der Waals surface area contributed by atoms with Crippen LogP contribution in [0.1, 0.15) is 16.1 Å². The van der Waals surface area contributed by atoms with Crippen LogP contribution in [0.15, 0.2) is 41.4 Å². The summed E-state index contributed by atoms with van der Waals surface area (Å²) < 4.78 is 29.1. The van der Waals surface area contributed by atoms with Gasteiger partial charge in [-0.05, 0) is 38.2 Å². The number of sulfonamides is 1. The Balaban J connectivity index is 1.56. The number of aryl methyl sites for hydroxylation is 2. The molecule has 30 heavy (non-hydrogen) atoms. The fourth-order valence-electron chi connectivity index (χ4n) is 3.55. The normalized spacial score (nSPS) is 16.1. The molecule has 0 spiro atoms. The lowest BCUT2D eigenvalue weighted by molar-refractivity contribution is 0.102. The van der Waals surface area contributed by atoms with Gasteiger partial charge in [0.15, 0.2) is 5.65 Å². The second-order valence-electron chi connectivity index (χ2n) is 7.49. The molecule has 0 saturated carbocycles. The molecule has 0 unspecified atom stereocenters. The Morgan fingerprint density at radius 3 is 2.57 bits per heavy atom. The van der Waals surface area contributed by atoms with Crippen LogP contribution in [0.4, 0.5) is 5.69 Å². The number of rotatable bonds is 4. The zero-order valence-electron chi connectivity index (χ0n) is 17.2. The van der Waals surface area contributed by atoms with E-state index in [1.165, 1.54) is 16.4 Å². The number of carbonyl (C=O) groups excluding carboxylic acids is 1. The Hall–Kier alpha value is -2.82. The molecule has 1 amide bonds. The summed E-state index contributed by atoms with van der Waals surface area (Å²) in [6.07, 6.45) is 1.56. The minimum absolute atomic E-state index is 0.122. The van der Waals surface area contributed by atoms with E-state index in [0.717, 1.165) is 16.7 Å². The molecule has 1 fully saturated rings. The summed E-state index contributed by atoms with van der Waals surface area (Å²) in [6, 6.07) is 7.94. The number of hydrogen-bond acceptors (Lipinski definition) is 6. The first-order valence-corrected chi connectivity index (χ1v) is 11.1. The van der Waals surface area contributed by atoms with E-state index in [4.69, 9.17) is 0 Å². The van der Waals surface area contributed by atoms with Crippen molar-refractivity contribution in [1.29, 1.82) is 0 Å². The van der Waals surface area contributed by atoms with Gasteiger partial charge in [-0.3, -0.25) is 9.48 Å². The number of nitrogens with zero attached hydrogens (tertiary/aromatic N) is 5. The van der Waals surface area contributed by atoms with Gasteiger partial charge in [0.25, 0.3) is 5.91 Å². The van der Waals surface area contributed by atoms with Crippen LogP contribution in [-0.2, 0) is 17.1 Å². The molecule has 1 aliphatic heterocycles. The summed E-state index contributed by atoms with van der Waals surface area (Å²) >= 11 is 0. The monoisotopic (exact) mass is 428 g/mol. The Morgan fingerprint density at radius 1 is 1.10 bits per heavy atom. The third-order valence-electron chi connectivity index (χ3n) is 5.32. The molecular formula is C20H24N6O3S. The van der Waals surface area contributed by atoms with Crippen molar-refractivity contribution >= 4 is 32.7 Å². The summed E-state index contributed by atoms with van der Waals surface area (Å²) in [6.45, 7) is 4.12. The first-order valence-electron chi connectivity index (χ1n) is 9.65. The SMILES string of the molecule is Cc1nn(C)c2ncc(NC(=O)c3cccc(S(=O)(=O)N4CCN(C)CC4)c3)cc12. The number of benzene rings is 1. The quantitative estimate of drug-likeness (QED) is 0.675. The van der Waals surface area contributed by atoms with Crippen LogP contribution in [0.2, 0.25) is 0 Å². The topological polar surface area (TPSA) is 100 Å². The van der Waals surface area contributed by atoms with Gasteiger partial charge in [0.2, 0.25) is 10.0 Å². The molecule has 0 radical (unpaired) electrons. The van der Waals surface area contributed by atoms with Crippen LogP contribution in [0.25, 0.3) is 11.0 Å². The van der Waals surface area contributed by atoms with Crippen LogP contribution in [0.5, 0.6) is 0 Å². The predicted octanol–water partition coefficient (Wildman–Crippen LogP) is 1.47. The molecule has 2 aromatic heterocycles. The van der Waals surface area contributed by atoms with Gasteiger partial charge in [-0.25, -0.2) is 13.4 Å². The zero-order valence-corrected chi connectivity index (χ0v) is 18.0. The summed E-state index contributed by atoms with van der Waals surface area (Å²) in [4.78, 5) is 19.3. The van der Waals surface area contributed by atoms with Crippen molar-refractivity contribution in [2.24, 2.45) is 7.05 Å². The summed E-state index contributed by atoms with van der Waals surface area (Å²) in [5.74, 6) is -0.395.